The number of aromatic nitrogens is 2. The number of ether oxygens (including phenoxy) is 1. The van der Waals surface area contributed by atoms with Crippen LogP contribution in [0.15, 0.2) is 39.9 Å². The summed E-state index contributed by atoms with van der Waals surface area (Å²) in [6.07, 6.45) is 3.32. The highest BCUT2D eigenvalue weighted by atomic mass is 79.9. The Morgan fingerprint density at radius 1 is 1.35 bits per heavy atom. The Bertz CT molecular complexity index is 590. The van der Waals surface area contributed by atoms with E-state index in [1.165, 1.54) is 11.7 Å². The first-order valence-corrected chi connectivity index (χ1v) is 5.78. The molecule has 2 aromatic rings. The van der Waals surface area contributed by atoms with Gasteiger partial charge in [-0.25, -0.2) is 0 Å². The van der Waals surface area contributed by atoms with Gasteiger partial charge in [0.2, 0.25) is 0 Å². The first kappa shape index (κ1) is 11.9. The van der Waals surface area contributed by atoms with Crippen LogP contribution in [-0.2, 0) is 7.05 Å². The molecule has 0 saturated carbocycles. The summed E-state index contributed by atoms with van der Waals surface area (Å²) in [6.45, 7) is 0. The van der Waals surface area contributed by atoms with Gasteiger partial charge in [-0.1, -0.05) is 0 Å². The van der Waals surface area contributed by atoms with Gasteiger partial charge in [0, 0.05) is 23.9 Å². The van der Waals surface area contributed by atoms with E-state index in [0.717, 1.165) is 4.47 Å². The fourth-order valence-electron chi connectivity index (χ4n) is 1.54. The zero-order valence-electron chi connectivity index (χ0n) is 9.48. The maximum Gasteiger partial charge on any atom is 0.263 e. The second kappa shape index (κ2) is 4.71. The minimum Gasteiger partial charge on any atom is -0.496 e. The van der Waals surface area contributed by atoms with Gasteiger partial charge in [-0.3, -0.25) is 9.78 Å². The highest BCUT2D eigenvalue weighted by molar-refractivity contribution is 9.10. The number of nitrogens with zero attached hydrogens (tertiary/aromatic N) is 2. The smallest absolute Gasteiger partial charge is 0.263 e. The van der Waals surface area contributed by atoms with Crippen molar-refractivity contribution in [3.8, 4) is 17.0 Å². The molecule has 17 heavy (non-hydrogen) atoms. The molecule has 0 amide bonds. The largest absolute Gasteiger partial charge is 0.496 e. The van der Waals surface area contributed by atoms with E-state index in [4.69, 9.17) is 4.74 Å². The molecule has 0 aromatic carbocycles. The van der Waals surface area contributed by atoms with Crippen molar-refractivity contribution in [3.05, 3.63) is 45.4 Å². The Labute approximate surface area is 107 Å². The van der Waals surface area contributed by atoms with Crippen LogP contribution in [0.5, 0.6) is 5.75 Å². The molecule has 0 aliphatic carbocycles. The van der Waals surface area contributed by atoms with E-state index in [-0.39, 0.29) is 5.56 Å². The van der Waals surface area contributed by atoms with E-state index in [1.54, 1.807) is 31.6 Å². The van der Waals surface area contributed by atoms with Crippen molar-refractivity contribution in [2.24, 2.45) is 7.05 Å². The van der Waals surface area contributed by atoms with Crippen LogP contribution in [0.25, 0.3) is 11.3 Å². The van der Waals surface area contributed by atoms with Crippen LogP contribution in [0, 0.1) is 0 Å². The molecule has 0 N–H and O–H groups in total. The Balaban J connectivity index is 2.69. The third-order valence-corrected chi connectivity index (χ3v) is 2.90. The van der Waals surface area contributed by atoms with E-state index in [0.29, 0.717) is 17.0 Å². The van der Waals surface area contributed by atoms with Crippen molar-refractivity contribution in [2.75, 3.05) is 7.11 Å². The van der Waals surface area contributed by atoms with Gasteiger partial charge in [0.15, 0.2) is 0 Å². The van der Waals surface area contributed by atoms with Crippen LogP contribution >= 0.6 is 15.9 Å². The Morgan fingerprint density at radius 3 is 2.71 bits per heavy atom. The van der Waals surface area contributed by atoms with Crippen molar-refractivity contribution in [2.45, 2.75) is 0 Å². The molecular weight excluding hydrogens is 284 g/mol. The number of methoxy groups -OCH3 is 1. The monoisotopic (exact) mass is 294 g/mol. The summed E-state index contributed by atoms with van der Waals surface area (Å²) in [5.74, 6) is 0.530. The van der Waals surface area contributed by atoms with Crippen LogP contribution in [0.1, 0.15) is 0 Å². The van der Waals surface area contributed by atoms with Crippen LogP contribution in [-0.4, -0.2) is 16.7 Å². The molecule has 0 saturated heterocycles. The average Bonchev–Trinajstić information content (AvgIpc) is 2.34. The van der Waals surface area contributed by atoms with Gasteiger partial charge in [-0.15, -0.1) is 0 Å². The summed E-state index contributed by atoms with van der Waals surface area (Å²) in [5, 5.41) is 0. The topological polar surface area (TPSA) is 44.1 Å². The summed E-state index contributed by atoms with van der Waals surface area (Å²) in [4.78, 5) is 16.3. The highest BCUT2D eigenvalue weighted by Gasteiger charge is 2.12. The third-order valence-electron chi connectivity index (χ3n) is 2.43. The summed E-state index contributed by atoms with van der Waals surface area (Å²) >= 11 is 3.31. The van der Waals surface area contributed by atoms with E-state index in [1.807, 2.05) is 6.07 Å². The molecule has 0 bridgehead atoms. The summed E-state index contributed by atoms with van der Waals surface area (Å²) in [5.41, 5.74) is 0.954. The third kappa shape index (κ3) is 2.24. The Hall–Kier alpha value is -1.62. The molecule has 88 valence electrons. The molecule has 4 nitrogen and oxygen atoms in total. The van der Waals surface area contributed by atoms with Crippen molar-refractivity contribution in [1.82, 2.24) is 9.55 Å². The number of rotatable bonds is 2. The lowest BCUT2D eigenvalue weighted by Gasteiger charge is -2.08. The molecule has 5 heteroatoms. The van der Waals surface area contributed by atoms with Gasteiger partial charge >= 0.3 is 0 Å². The van der Waals surface area contributed by atoms with E-state index in [9.17, 15) is 4.79 Å². The molecular formula is C12H11BrN2O2. The number of hydrogen-bond donors (Lipinski definition) is 0. The predicted molar refractivity (Wildman–Crippen MR) is 69.2 cm³/mol. The maximum atomic E-state index is 12.1. The second-order valence-corrected chi connectivity index (χ2v) is 4.45. The van der Waals surface area contributed by atoms with Crippen LogP contribution in [0.3, 0.4) is 0 Å². The molecule has 0 aliphatic rings. The van der Waals surface area contributed by atoms with Gasteiger partial charge in [-0.2, -0.15) is 0 Å². The van der Waals surface area contributed by atoms with Gasteiger partial charge in [0.25, 0.3) is 5.56 Å². The summed E-state index contributed by atoms with van der Waals surface area (Å²) in [6, 6.07) is 5.37. The number of aryl methyl sites for hydroxylation is 1. The molecule has 2 aromatic heterocycles. The van der Waals surface area contributed by atoms with Crippen LogP contribution < -0.4 is 10.3 Å². The first-order chi connectivity index (χ1) is 8.13. The van der Waals surface area contributed by atoms with Gasteiger partial charge in [0.1, 0.15) is 11.3 Å². The minimum atomic E-state index is -0.126. The fourth-order valence-corrected chi connectivity index (χ4v) is 1.78. The number of hydrogen-bond acceptors (Lipinski definition) is 3. The zero-order chi connectivity index (χ0) is 12.4. The predicted octanol–water partition coefficient (Wildman–Crippen LogP) is 2.22. The summed E-state index contributed by atoms with van der Waals surface area (Å²) < 4.78 is 7.57. The fraction of sp³-hybridized carbons (Fsp3) is 0.167. The number of halogens is 1. The maximum absolute atomic E-state index is 12.1. The lowest BCUT2D eigenvalue weighted by molar-refractivity contribution is 0.414. The van der Waals surface area contributed by atoms with Gasteiger partial charge < -0.3 is 9.30 Å². The molecule has 0 radical (unpaired) electrons. The molecule has 0 unspecified atom stereocenters. The molecule has 2 rings (SSSR count). The van der Waals surface area contributed by atoms with E-state index >= 15 is 0 Å². The van der Waals surface area contributed by atoms with Crippen molar-refractivity contribution in [1.29, 1.82) is 0 Å². The minimum absolute atomic E-state index is 0.126. The molecule has 0 aliphatic heterocycles. The summed E-state index contributed by atoms with van der Waals surface area (Å²) in [7, 11) is 3.24. The van der Waals surface area contributed by atoms with Crippen molar-refractivity contribution < 1.29 is 4.74 Å². The lowest BCUT2D eigenvalue weighted by Crippen LogP contribution is -2.18. The van der Waals surface area contributed by atoms with Crippen molar-refractivity contribution in [3.63, 3.8) is 0 Å². The SMILES string of the molecule is COc1ccn(C)c(=O)c1-c1ccc(Br)cn1. The van der Waals surface area contributed by atoms with Gasteiger partial charge in [-0.05, 0) is 34.1 Å². The highest BCUT2D eigenvalue weighted by Crippen LogP contribution is 2.24. The average molecular weight is 295 g/mol. The van der Waals surface area contributed by atoms with Crippen LogP contribution in [0.4, 0.5) is 0 Å². The normalized spacial score (nSPS) is 10.3. The molecule has 2 heterocycles. The molecule has 0 fully saturated rings. The van der Waals surface area contributed by atoms with Crippen molar-refractivity contribution >= 4 is 15.9 Å². The Kier molecular flexibility index (Phi) is 3.28. The van der Waals surface area contributed by atoms with E-state index < -0.39 is 0 Å². The second-order valence-electron chi connectivity index (χ2n) is 3.54. The zero-order valence-corrected chi connectivity index (χ0v) is 11.1. The van der Waals surface area contributed by atoms with E-state index in [2.05, 4.69) is 20.9 Å². The Morgan fingerprint density at radius 2 is 2.12 bits per heavy atom. The molecule has 0 atom stereocenters. The van der Waals surface area contributed by atoms with Crippen LogP contribution in [0.2, 0.25) is 0 Å². The first-order valence-electron chi connectivity index (χ1n) is 4.99. The number of pyridine rings is 2. The standard InChI is InChI=1S/C12H11BrN2O2/c1-15-6-5-10(17-2)11(12(15)16)9-4-3-8(13)7-14-9/h3-7H,1-2H3. The lowest BCUT2D eigenvalue weighted by atomic mass is 10.1. The molecule has 0 spiro atoms. The quantitative estimate of drug-likeness (QED) is 0.853. The van der Waals surface area contributed by atoms with Gasteiger partial charge in [0.05, 0.1) is 12.8 Å².